The number of nitrogens with one attached hydrogen (secondary N) is 1. The highest BCUT2D eigenvalue weighted by atomic mass is 32.2. The van der Waals surface area contributed by atoms with E-state index in [1.807, 2.05) is 20.8 Å². The molecule has 2 rings (SSSR count). The molecule has 1 aromatic heterocycles. The Hall–Kier alpha value is -1.86. The lowest BCUT2D eigenvalue weighted by Crippen LogP contribution is -2.13. The summed E-state index contributed by atoms with van der Waals surface area (Å²) in [7, 11) is -3.70. The first kappa shape index (κ1) is 14.5. The standard InChI is InChI=1S/C13H17N3O3S/c1-8-4-5-11(20(14,17)18)6-13(8)15-7-12-9(2)16-19-10(12)3/h4-6,15H,7H2,1-3H3,(H2,14,17,18). The molecule has 0 aliphatic carbocycles. The lowest BCUT2D eigenvalue weighted by atomic mass is 10.1. The van der Waals surface area contributed by atoms with Crippen LogP contribution in [0.3, 0.4) is 0 Å². The van der Waals surface area contributed by atoms with Gasteiger partial charge in [-0.3, -0.25) is 0 Å². The van der Waals surface area contributed by atoms with Crippen LogP contribution in [0.4, 0.5) is 5.69 Å². The fourth-order valence-electron chi connectivity index (χ4n) is 1.91. The number of anilines is 1. The van der Waals surface area contributed by atoms with Crippen LogP contribution in [0.1, 0.15) is 22.6 Å². The monoisotopic (exact) mass is 295 g/mol. The third kappa shape index (κ3) is 3.00. The Kier molecular flexibility index (Phi) is 3.82. The molecule has 1 aromatic carbocycles. The predicted molar refractivity (Wildman–Crippen MR) is 75.9 cm³/mol. The molecule has 2 aromatic rings. The number of primary sulfonamides is 1. The Balaban J connectivity index is 2.26. The topological polar surface area (TPSA) is 98.2 Å². The van der Waals surface area contributed by atoms with Crippen LogP contribution in [0.15, 0.2) is 27.6 Å². The molecule has 3 N–H and O–H groups in total. The molecule has 1 heterocycles. The zero-order valence-corrected chi connectivity index (χ0v) is 12.4. The summed E-state index contributed by atoms with van der Waals surface area (Å²) < 4.78 is 27.8. The third-order valence-corrected chi connectivity index (χ3v) is 4.09. The van der Waals surface area contributed by atoms with E-state index in [-0.39, 0.29) is 4.90 Å². The second-order valence-electron chi connectivity index (χ2n) is 4.68. The van der Waals surface area contributed by atoms with Crippen molar-refractivity contribution in [1.29, 1.82) is 0 Å². The zero-order chi connectivity index (χ0) is 14.9. The van der Waals surface area contributed by atoms with Gasteiger partial charge in [0.1, 0.15) is 5.76 Å². The highest BCUT2D eigenvalue weighted by Gasteiger charge is 2.12. The van der Waals surface area contributed by atoms with E-state index < -0.39 is 10.0 Å². The van der Waals surface area contributed by atoms with Gasteiger partial charge in [0.05, 0.1) is 10.6 Å². The lowest BCUT2D eigenvalue weighted by molar-refractivity contribution is 0.392. The van der Waals surface area contributed by atoms with Crippen LogP contribution in [0.25, 0.3) is 0 Å². The second kappa shape index (κ2) is 5.26. The number of nitrogens with two attached hydrogens (primary N) is 1. The van der Waals surface area contributed by atoms with E-state index in [0.717, 1.165) is 28.3 Å². The molecule has 0 spiro atoms. The summed E-state index contributed by atoms with van der Waals surface area (Å²) in [5.41, 5.74) is 3.43. The Morgan fingerprint density at radius 3 is 2.55 bits per heavy atom. The second-order valence-corrected chi connectivity index (χ2v) is 6.24. The van der Waals surface area contributed by atoms with Crippen LogP contribution in [-0.2, 0) is 16.6 Å². The highest BCUT2D eigenvalue weighted by molar-refractivity contribution is 7.89. The maximum Gasteiger partial charge on any atom is 0.238 e. The van der Waals surface area contributed by atoms with E-state index in [1.165, 1.54) is 12.1 Å². The molecule has 0 bridgehead atoms. The van der Waals surface area contributed by atoms with Gasteiger partial charge in [-0.05, 0) is 38.5 Å². The zero-order valence-electron chi connectivity index (χ0n) is 11.6. The van der Waals surface area contributed by atoms with Crippen molar-refractivity contribution < 1.29 is 12.9 Å². The molecule has 0 fully saturated rings. The maximum atomic E-state index is 11.4. The molecule has 0 atom stereocenters. The summed E-state index contributed by atoms with van der Waals surface area (Å²) in [6.07, 6.45) is 0. The minimum atomic E-state index is -3.70. The van der Waals surface area contributed by atoms with Crippen LogP contribution in [0.2, 0.25) is 0 Å². The van der Waals surface area contributed by atoms with Gasteiger partial charge >= 0.3 is 0 Å². The van der Waals surface area contributed by atoms with Crippen LogP contribution < -0.4 is 10.5 Å². The van der Waals surface area contributed by atoms with E-state index in [4.69, 9.17) is 9.66 Å². The number of nitrogens with zero attached hydrogens (tertiary/aromatic N) is 1. The third-order valence-electron chi connectivity index (χ3n) is 3.17. The molecule has 7 heteroatoms. The number of hydrogen-bond acceptors (Lipinski definition) is 5. The minimum Gasteiger partial charge on any atom is -0.381 e. The Morgan fingerprint density at radius 2 is 2.00 bits per heavy atom. The summed E-state index contributed by atoms with van der Waals surface area (Å²) in [5, 5.41) is 12.2. The van der Waals surface area contributed by atoms with Crippen molar-refractivity contribution in [3.63, 3.8) is 0 Å². The van der Waals surface area contributed by atoms with Crippen LogP contribution in [-0.4, -0.2) is 13.6 Å². The van der Waals surface area contributed by atoms with Gasteiger partial charge in [-0.25, -0.2) is 13.6 Å². The number of benzene rings is 1. The molecule has 0 aliphatic heterocycles. The van der Waals surface area contributed by atoms with Gasteiger partial charge in [0.2, 0.25) is 10.0 Å². The van der Waals surface area contributed by atoms with Gasteiger partial charge in [0.15, 0.2) is 0 Å². The van der Waals surface area contributed by atoms with Gasteiger partial charge < -0.3 is 9.84 Å². The molecule has 108 valence electrons. The van der Waals surface area contributed by atoms with Gasteiger partial charge in [-0.2, -0.15) is 0 Å². The van der Waals surface area contributed by atoms with Crippen molar-refractivity contribution in [3.05, 3.63) is 40.8 Å². The van der Waals surface area contributed by atoms with Crippen molar-refractivity contribution in [3.8, 4) is 0 Å². The SMILES string of the molecule is Cc1ccc(S(N)(=O)=O)cc1NCc1c(C)noc1C. The summed E-state index contributed by atoms with van der Waals surface area (Å²) in [4.78, 5) is 0.0874. The average Bonchev–Trinajstić information content (AvgIpc) is 2.67. The molecule has 0 saturated heterocycles. The largest absolute Gasteiger partial charge is 0.381 e. The minimum absolute atomic E-state index is 0.0874. The van der Waals surface area contributed by atoms with Gasteiger partial charge in [0, 0.05) is 17.8 Å². The lowest BCUT2D eigenvalue weighted by Gasteiger charge is -2.10. The van der Waals surface area contributed by atoms with Gasteiger partial charge in [-0.1, -0.05) is 11.2 Å². The molecular formula is C13H17N3O3S. The van der Waals surface area contributed by atoms with Crippen LogP contribution >= 0.6 is 0 Å². The van der Waals surface area contributed by atoms with Crippen molar-refractivity contribution in [2.45, 2.75) is 32.2 Å². The van der Waals surface area contributed by atoms with E-state index in [9.17, 15) is 8.42 Å². The number of hydrogen-bond donors (Lipinski definition) is 2. The molecular weight excluding hydrogens is 278 g/mol. The van der Waals surface area contributed by atoms with Crippen molar-refractivity contribution in [2.24, 2.45) is 5.14 Å². The molecule has 0 amide bonds. The first-order chi connectivity index (χ1) is 9.29. The predicted octanol–water partition coefficient (Wildman–Crippen LogP) is 1.86. The Labute approximate surface area is 118 Å². The summed E-state index contributed by atoms with van der Waals surface area (Å²) >= 11 is 0. The van der Waals surface area contributed by atoms with Crippen molar-refractivity contribution in [2.75, 3.05) is 5.32 Å². The maximum absolute atomic E-state index is 11.4. The number of rotatable bonds is 4. The Bertz CT molecular complexity index is 716. The summed E-state index contributed by atoms with van der Waals surface area (Å²) in [5.74, 6) is 0.746. The van der Waals surface area contributed by atoms with Crippen LogP contribution in [0, 0.1) is 20.8 Å². The molecule has 0 aliphatic rings. The molecule has 0 radical (unpaired) electrons. The smallest absolute Gasteiger partial charge is 0.238 e. The number of sulfonamides is 1. The molecule has 20 heavy (non-hydrogen) atoms. The quantitative estimate of drug-likeness (QED) is 0.897. The van der Waals surface area contributed by atoms with E-state index in [2.05, 4.69) is 10.5 Å². The molecule has 0 saturated carbocycles. The van der Waals surface area contributed by atoms with Crippen molar-refractivity contribution in [1.82, 2.24) is 5.16 Å². The normalized spacial score (nSPS) is 11.6. The first-order valence-electron chi connectivity index (χ1n) is 6.08. The average molecular weight is 295 g/mol. The summed E-state index contributed by atoms with van der Waals surface area (Å²) in [6.45, 7) is 6.10. The first-order valence-corrected chi connectivity index (χ1v) is 7.62. The number of aromatic nitrogens is 1. The van der Waals surface area contributed by atoms with Gasteiger partial charge in [-0.15, -0.1) is 0 Å². The fourth-order valence-corrected chi connectivity index (χ4v) is 2.45. The summed E-state index contributed by atoms with van der Waals surface area (Å²) in [6, 6.07) is 4.74. The fraction of sp³-hybridized carbons (Fsp3) is 0.308. The Morgan fingerprint density at radius 1 is 1.30 bits per heavy atom. The van der Waals surface area contributed by atoms with Crippen molar-refractivity contribution >= 4 is 15.7 Å². The van der Waals surface area contributed by atoms with E-state index >= 15 is 0 Å². The van der Waals surface area contributed by atoms with Gasteiger partial charge in [0.25, 0.3) is 0 Å². The molecule has 6 nitrogen and oxygen atoms in total. The molecule has 0 unspecified atom stereocenters. The highest BCUT2D eigenvalue weighted by Crippen LogP contribution is 2.21. The van der Waals surface area contributed by atoms with E-state index in [0.29, 0.717) is 6.54 Å². The van der Waals surface area contributed by atoms with E-state index in [1.54, 1.807) is 6.07 Å². The van der Waals surface area contributed by atoms with Crippen LogP contribution in [0.5, 0.6) is 0 Å². The number of aryl methyl sites for hydroxylation is 3.